The van der Waals surface area contributed by atoms with E-state index in [1.54, 1.807) is 0 Å². The van der Waals surface area contributed by atoms with Crippen molar-refractivity contribution in [3.63, 3.8) is 0 Å². The molecular weight excluding hydrogens is 385 g/mol. The number of hydrogen-bond donors (Lipinski definition) is 2. The van der Waals surface area contributed by atoms with Crippen molar-refractivity contribution in [2.24, 2.45) is 5.73 Å². The molecule has 0 aromatic carbocycles. The fourth-order valence-corrected chi connectivity index (χ4v) is 3.19. The summed E-state index contributed by atoms with van der Waals surface area (Å²) in [6.45, 7) is 2.25. The third-order valence-electron chi connectivity index (χ3n) is 4.51. The Morgan fingerprint density at radius 1 is 0.714 bits per heavy atom. The molecule has 0 saturated carbocycles. The van der Waals surface area contributed by atoms with Gasteiger partial charge in [0.2, 0.25) is 0 Å². The standard InChI is InChI=1S/C19H37O.C2H7NO3S.Na/c1-2-3-4-5-6-7-8-9-10-11-12-13-14-15-16-17-18-19-20;3-1-2-7(4,5)6;/h2-18H2,1H3;1-3H2,(H,4,5,6);/q-1;;+1. The van der Waals surface area contributed by atoms with E-state index in [-0.39, 0.29) is 41.9 Å². The summed E-state index contributed by atoms with van der Waals surface area (Å²) in [5.74, 6) is -0.354. The van der Waals surface area contributed by atoms with E-state index in [1.165, 1.54) is 96.3 Å². The Kier molecular flexibility index (Phi) is 32.6. The van der Waals surface area contributed by atoms with E-state index >= 15 is 0 Å². The molecule has 0 aromatic heterocycles. The molecule has 0 radical (unpaired) electrons. The topological polar surface area (TPSA) is 97.5 Å². The summed E-state index contributed by atoms with van der Waals surface area (Å²) in [4.78, 5) is 10.0. The van der Waals surface area contributed by atoms with Crippen LogP contribution in [0.15, 0.2) is 0 Å². The third kappa shape index (κ3) is 37.3. The van der Waals surface area contributed by atoms with E-state index in [4.69, 9.17) is 10.3 Å². The Morgan fingerprint density at radius 2 is 1.04 bits per heavy atom. The fraction of sp³-hybridized carbons (Fsp3) is 0.952. The molecule has 0 aliphatic heterocycles. The van der Waals surface area contributed by atoms with Gasteiger partial charge in [-0.05, 0) is 0 Å². The molecule has 0 heterocycles. The van der Waals surface area contributed by atoms with Crippen molar-refractivity contribution in [3.05, 3.63) is 0 Å². The average Bonchev–Trinajstić information content (AvgIpc) is 2.61. The molecule has 0 rings (SSSR count). The first kappa shape index (κ1) is 33.2. The summed E-state index contributed by atoms with van der Waals surface area (Å²) in [6.07, 6.45) is 24.7. The minimum Gasteiger partial charge on any atom is -0.542 e. The fourth-order valence-electron chi connectivity index (χ4n) is 2.89. The quantitative estimate of drug-likeness (QED) is 0.142. The zero-order valence-corrected chi connectivity index (χ0v) is 21.4. The largest absolute Gasteiger partial charge is 1.00 e. The number of nitrogens with two attached hydrogens (primary N) is 1. The van der Waals surface area contributed by atoms with Crippen molar-refractivity contribution in [2.45, 2.75) is 116 Å². The molecule has 0 amide bonds. The second-order valence-electron chi connectivity index (χ2n) is 7.27. The molecule has 7 heteroatoms. The van der Waals surface area contributed by atoms with E-state index < -0.39 is 10.1 Å². The van der Waals surface area contributed by atoms with Crippen LogP contribution in [0.1, 0.15) is 116 Å². The normalized spacial score (nSPS) is 10.7. The summed E-state index contributed by atoms with van der Waals surface area (Å²) in [5.41, 5.74) is 4.78. The van der Waals surface area contributed by atoms with Crippen LogP contribution < -0.4 is 35.3 Å². The van der Waals surface area contributed by atoms with E-state index in [9.17, 15) is 13.2 Å². The van der Waals surface area contributed by atoms with Gasteiger partial charge in [-0.1, -0.05) is 110 Å². The molecule has 0 spiro atoms. The van der Waals surface area contributed by atoms with E-state index in [0.29, 0.717) is 6.42 Å². The maximum Gasteiger partial charge on any atom is 1.00 e. The number of carbonyl (C=O) groups excluding carboxylic acids is 1. The number of hydrogen-bond acceptors (Lipinski definition) is 4. The monoisotopic (exact) mass is 429 g/mol. The molecule has 0 unspecified atom stereocenters. The molecule has 0 aromatic rings. The van der Waals surface area contributed by atoms with Crippen LogP contribution in [-0.4, -0.2) is 31.6 Å². The molecule has 0 aliphatic rings. The first-order valence-corrected chi connectivity index (χ1v) is 12.6. The Balaban J connectivity index is -0.000000665. The van der Waals surface area contributed by atoms with Gasteiger partial charge in [0.1, 0.15) is 0 Å². The van der Waals surface area contributed by atoms with Gasteiger partial charge in [-0.2, -0.15) is 14.8 Å². The zero-order chi connectivity index (χ0) is 20.6. The summed E-state index contributed by atoms with van der Waals surface area (Å²) < 4.78 is 27.3. The Hall–Kier alpha value is 0.540. The van der Waals surface area contributed by atoms with Crippen LogP contribution in [0, 0.1) is 0 Å². The Labute approximate surface area is 197 Å². The Bertz CT molecular complexity index is 392. The van der Waals surface area contributed by atoms with Gasteiger partial charge in [-0.3, -0.25) is 10.8 Å². The van der Waals surface area contributed by atoms with Crippen LogP contribution in [0.2, 0.25) is 0 Å². The van der Waals surface area contributed by atoms with Gasteiger partial charge in [0.25, 0.3) is 10.1 Å². The second kappa shape index (κ2) is 27.5. The van der Waals surface area contributed by atoms with Crippen LogP contribution in [0.25, 0.3) is 0 Å². The SMILES string of the molecule is CCCCCCCCCCCCCCCCCC[C-]=O.NCCS(=O)(=O)O.[Na+]. The van der Waals surface area contributed by atoms with Crippen molar-refractivity contribution in [1.82, 2.24) is 0 Å². The summed E-state index contributed by atoms with van der Waals surface area (Å²) in [6, 6.07) is 0. The van der Waals surface area contributed by atoms with Crippen molar-refractivity contribution in [2.75, 3.05) is 12.3 Å². The van der Waals surface area contributed by atoms with Gasteiger partial charge in [0.05, 0.1) is 5.75 Å². The van der Waals surface area contributed by atoms with Gasteiger partial charge >= 0.3 is 29.6 Å². The number of unbranched alkanes of at least 4 members (excludes halogenated alkanes) is 16. The zero-order valence-electron chi connectivity index (χ0n) is 18.6. The van der Waals surface area contributed by atoms with Gasteiger partial charge in [0, 0.05) is 6.54 Å². The summed E-state index contributed by atoms with van der Waals surface area (Å²) >= 11 is 0. The molecule has 0 atom stereocenters. The molecule has 0 aliphatic carbocycles. The van der Waals surface area contributed by atoms with Crippen LogP contribution in [0.3, 0.4) is 0 Å². The Morgan fingerprint density at radius 3 is 1.25 bits per heavy atom. The van der Waals surface area contributed by atoms with Crippen LogP contribution >= 0.6 is 0 Å². The summed E-state index contributed by atoms with van der Waals surface area (Å²) in [5, 5.41) is 0. The van der Waals surface area contributed by atoms with Crippen LogP contribution in [0.5, 0.6) is 0 Å². The van der Waals surface area contributed by atoms with E-state index in [2.05, 4.69) is 6.92 Å². The van der Waals surface area contributed by atoms with Crippen molar-refractivity contribution < 1.29 is 47.3 Å². The maximum atomic E-state index is 10.0. The van der Waals surface area contributed by atoms with E-state index in [1.807, 2.05) is 6.29 Å². The molecule has 5 nitrogen and oxygen atoms in total. The predicted molar refractivity (Wildman–Crippen MR) is 115 cm³/mol. The smallest absolute Gasteiger partial charge is 0.542 e. The van der Waals surface area contributed by atoms with Crippen LogP contribution in [0.4, 0.5) is 0 Å². The van der Waals surface area contributed by atoms with Gasteiger partial charge < -0.3 is 10.5 Å². The first-order valence-electron chi connectivity index (χ1n) is 11.0. The van der Waals surface area contributed by atoms with Gasteiger partial charge in [0.15, 0.2) is 0 Å². The minimum atomic E-state index is -3.80. The molecule has 0 bridgehead atoms. The molecule has 3 N–H and O–H groups in total. The molecule has 164 valence electrons. The maximum absolute atomic E-state index is 10.0. The third-order valence-corrected chi connectivity index (χ3v) is 5.26. The van der Waals surface area contributed by atoms with Crippen LogP contribution in [-0.2, 0) is 14.9 Å². The molecule has 0 fully saturated rings. The predicted octanol–water partition coefficient (Wildman–Crippen LogP) is 2.58. The molecule has 28 heavy (non-hydrogen) atoms. The first-order chi connectivity index (χ1) is 13.0. The second-order valence-corrected chi connectivity index (χ2v) is 8.84. The van der Waals surface area contributed by atoms with Crippen molar-refractivity contribution in [1.29, 1.82) is 0 Å². The number of rotatable bonds is 19. The minimum absolute atomic E-state index is 0. The van der Waals surface area contributed by atoms with E-state index in [0.717, 1.165) is 6.42 Å². The molecule has 0 saturated heterocycles. The van der Waals surface area contributed by atoms with Gasteiger partial charge in [-0.25, -0.2) is 0 Å². The van der Waals surface area contributed by atoms with Crippen molar-refractivity contribution in [3.8, 4) is 0 Å². The molecular formula is C21H44NNaO4S. The van der Waals surface area contributed by atoms with Crippen molar-refractivity contribution >= 4 is 16.4 Å². The summed E-state index contributed by atoms with van der Waals surface area (Å²) in [7, 11) is -3.80. The van der Waals surface area contributed by atoms with Gasteiger partial charge in [-0.15, -0.1) is 0 Å². The average molecular weight is 430 g/mol.